The highest BCUT2D eigenvalue weighted by Gasteiger charge is 1.96. The van der Waals surface area contributed by atoms with Gasteiger partial charge >= 0.3 is 0 Å². The van der Waals surface area contributed by atoms with E-state index < -0.39 is 0 Å². The first kappa shape index (κ1) is 17.6. The Balaban J connectivity index is 1.51. The molecule has 126 valence electrons. The average Bonchev–Trinajstić information content (AvgIpc) is 2.61. The molecule has 0 radical (unpaired) electrons. The van der Waals surface area contributed by atoms with Gasteiger partial charge in [-0.15, -0.1) is 0 Å². The second kappa shape index (κ2) is 10.1. The van der Waals surface area contributed by atoms with E-state index in [-0.39, 0.29) is 5.91 Å². The summed E-state index contributed by atoms with van der Waals surface area (Å²) in [5.41, 5.74) is 7.38. The zero-order chi connectivity index (χ0) is 17.0. The smallest absolute Gasteiger partial charge is 0.243 e. The van der Waals surface area contributed by atoms with Gasteiger partial charge in [-0.05, 0) is 55.2 Å². The lowest BCUT2D eigenvalue weighted by Crippen LogP contribution is -2.22. The Morgan fingerprint density at radius 3 is 2.50 bits per heavy atom. The number of nitrogens with one attached hydrogen (secondary N) is 1. The van der Waals surface area contributed by atoms with Gasteiger partial charge in [-0.1, -0.05) is 30.3 Å². The molecule has 0 aliphatic rings. The van der Waals surface area contributed by atoms with E-state index in [9.17, 15) is 4.79 Å². The van der Waals surface area contributed by atoms with Crippen LogP contribution >= 0.6 is 0 Å². The Kier molecular flexibility index (Phi) is 7.41. The van der Waals surface area contributed by atoms with Crippen molar-refractivity contribution in [1.82, 2.24) is 5.32 Å². The number of ether oxygens (including phenoxy) is 1. The minimum atomic E-state index is -0.0584. The molecule has 0 fully saturated rings. The van der Waals surface area contributed by atoms with Crippen molar-refractivity contribution >= 4 is 17.7 Å². The summed E-state index contributed by atoms with van der Waals surface area (Å²) < 4.78 is 5.62. The standard InChI is InChI=1S/C20H24N2O2/c21-18-10-12-19(13-11-18)24-16-6-2-5-15-22-20(23)14-9-17-7-3-1-4-8-17/h1,3-4,7-14H,2,5-6,15-16,21H2,(H,22,23)/b14-9+. The molecule has 0 aromatic heterocycles. The normalized spacial score (nSPS) is 10.7. The minimum Gasteiger partial charge on any atom is -0.494 e. The third-order valence-electron chi connectivity index (χ3n) is 3.50. The number of nitrogens with two attached hydrogens (primary N) is 1. The first-order chi connectivity index (χ1) is 11.7. The van der Waals surface area contributed by atoms with E-state index in [1.54, 1.807) is 6.08 Å². The molecule has 0 spiro atoms. The van der Waals surface area contributed by atoms with Crippen LogP contribution in [-0.2, 0) is 4.79 Å². The predicted molar refractivity (Wildman–Crippen MR) is 98.7 cm³/mol. The molecular formula is C20H24N2O2. The number of benzene rings is 2. The van der Waals surface area contributed by atoms with Crippen molar-refractivity contribution in [3.63, 3.8) is 0 Å². The van der Waals surface area contributed by atoms with E-state index in [0.717, 1.165) is 36.3 Å². The van der Waals surface area contributed by atoms with Crippen molar-refractivity contribution < 1.29 is 9.53 Å². The first-order valence-electron chi connectivity index (χ1n) is 8.23. The van der Waals surface area contributed by atoms with Crippen LogP contribution in [0, 0.1) is 0 Å². The summed E-state index contributed by atoms with van der Waals surface area (Å²) in [5.74, 6) is 0.778. The van der Waals surface area contributed by atoms with Crippen molar-refractivity contribution in [3.8, 4) is 5.75 Å². The monoisotopic (exact) mass is 324 g/mol. The number of carbonyl (C=O) groups is 1. The van der Waals surface area contributed by atoms with Gasteiger partial charge in [0.2, 0.25) is 5.91 Å². The van der Waals surface area contributed by atoms with Gasteiger partial charge in [0, 0.05) is 18.3 Å². The maximum atomic E-state index is 11.7. The minimum absolute atomic E-state index is 0.0584. The fourth-order valence-electron chi connectivity index (χ4n) is 2.16. The zero-order valence-corrected chi connectivity index (χ0v) is 13.8. The summed E-state index contributed by atoms with van der Waals surface area (Å²) in [4.78, 5) is 11.7. The second-order valence-corrected chi connectivity index (χ2v) is 5.51. The van der Waals surface area contributed by atoms with E-state index in [0.29, 0.717) is 13.2 Å². The van der Waals surface area contributed by atoms with Crippen LogP contribution in [0.25, 0.3) is 6.08 Å². The first-order valence-corrected chi connectivity index (χ1v) is 8.23. The molecule has 0 aliphatic carbocycles. The summed E-state index contributed by atoms with van der Waals surface area (Å²) in [6.45, 7) is 1.35. The molecule has 0 atom stereocenters. The van der Waals surface area contributed by atoms with Crippen LogP contribution in [0.3, 0.4) is 0 Å². The van der Waals surface area contributed by atoms with E-state index >= 15 is 0 Å². The van der Waals surface area contributed by atoms with E-state index in [1.807, 2.05) is 60.7 Å². The molecular weight excluding hydrogens is 300 g/mol. The molecule has 0 saturated carbocycles. The zero-order valence-electron chi connectivity index (χ0n) is 13.8. The predicted octanol–water partition coefficient (Wildman–Crippen LogP) is 3.65. The highest BCUT2D eigenvalue weighted by Crippen LogP contribution is 2.13. The van der Waals surface area contributed by atoms with Gasteiger partial charge in [0.25, 0.3) is 0 Å². The second-order valence-electron chi connectivity index (χ2n) is 5.51. The Bertz CT molecular complexity index is 636. The Labute approximate surface area is 143 Å². The third-order valence-corrected chi connectivity index (χ3v) is 3.50. The van der Waals surface area contributed by atoms with E-state index in [1.165, 1.54) is 0 Å². The van der Waals surface area contributed by atoms with Crippen molar-refractivity contribution in [3.05, 3.63) is 66.2 Å². The molecule has 24 heavy (non-hydrogen) atoms. The fraction of sp³-hybridized carbons (Fsp3) is 0.250. The van der Waals surface area contributed by atoms with Gasteiger partial charge in [-0.2, -0.15) is 0 Å². The number of anilines is 1. The van der Waals surface area contributed by atoms with Crippen LogP contribution < -0.4 is 15.8 Å². The van der Waals surface area contributed by atoms with Crippen LogP contribution in [0.4, 0.5) is 5.69 Å². The van der Waals surface area contributed by atoms with Crippen LogP contribution in [0.2, 0.25) is 0 Å². The summed E-state index contributed by atoms with van der Waals surface area (Å²) in [6, 6.07) is 17.2. The molecule has 0 unspecified atom stereocenters. The number of amides is 1. The molecule has 0 bridgehead atoms. The summed E-state index contributed by atoms with van der Waals surface area (Å²) in [6.07, 6.45) is 6.29. The van der Waals surface area contributed by atoms with Gasteiger partial charge < -0.3 is 15.8 Å². The van der Waals surface area contributed by atoms with Crippen LogP contribution in [0.15, 0.2) is 60.7 Å². The largest absolute Gasteiger partial charge is 0.494 e. The summed E-state index contributed by atoms with van der Waals surface area (Å²) >= 11 is 0. The Morgan fingerprint density at radius 2 is 1.75 bits per heavy atom. The SMILES string of the molecule is Nc1ccc(OCCCCCNC(=O)/C=C/c2ccccc2)cc1. The van der Waals surface area contributed by atoms with Crippen molar-refractivity contribution in [1.29, 1.82) is 0 Å². The topological polar surface area (TPSA) is 64.3 Å². The Morgan fingerprint density at radius 1 is 1.00 bits per heavy atom. The molecule has 0 aliphatic heterocycles. The molecule has 3 N–H and O–H groups in total. The lowest BCUT2D eigenvalue weighted by Gasteiger charge is -2.06. The lowest BCUT2D eigenvalue weighted by atomic mass is 10.2. The van der Waals surface area contributed by atoms with E-state index in [2.05, 4.69) is 5.32 Å². The van der Waals surface area contributed by atoms with Gasteiger partial charge in [0.15, 0.2) is 0 Å². The quantitative estimate of drug-likeness (QED) is 0.420. The average molecular weight is 324 g/mol. The molecule has 2 rings (SSSR count). The number of unbranched alkanes of at least 4 members (excludes halogenated alkanes) is 2. The number of nitrogen functional groups attached to an aromatic ring is 1. The van der Waals surface area contributed by atoms with Gasteiger partial charge in [0.1, 0.15) is 5.75 Å². The molecule has 2 aromatic rings. The van der Waals surface area contributed by atoms with Crippen LogP contribution in [-0.4, -0.2) is 19.1 Å². The fourth-order valence-corrected chi connectivity index (χ4v) is 2.16. The van der Waals surface area contributed by atoms with Gasteiger partial charge in [0.05, 0.1) is 6.61 Å². The molecule has 1 amide bonds. The van der Waals surface area contributed by atoms with Crippen LogP contribution in [0.5, 0.6) is 5.75 Å². The number of carbonyl (C=O) groups excluding carboxylic acids is 1. The van der Waals surface area contributed by atoms with E-state index in [4.69, 9.17) is 10.5 Å². The maximum absolute atomic E-state index is 11.7. The van der Waals surface area contributed by atoms with Crippen molar-refractivity contribution in [2.45, 2.75) is 19.3 Å². The highest BCUT2D eigenvalue weighted by molar-refractivity contribution is 5.91. The molecule has 0 heterocycles. The van der Waals surface area contributed by atoms with Crippen LogP contribution in [0.1, 0.15) is 24.8 Å². The third kappa shape index (κ3) is 7.01. The summed E-state index contributed by atoms with van der Waals surface area (Å²) in [7, 11) is 0. The maximum Gasteiger partial charge on any atom is 0.243 e. The molecule has 0 saturated heterocycles. The molecule has 4 nitrogen and oxygen atoms in total. The van der Waals surface area contributed by atoms with Crippen molar-refractivity contribution in [2.75, 3.05) is 18.9 Å². The highest BCUT2D eigenvalue weighted by atomic mass is 16.5. The summed E-state index contributed by atoms with van der Waals surface area (Å²) in [5, 5.41) is 2.89. The molecule has 2 aromatic carbocycles. The number of hydrogen-bond acceptors (Lipinski definition) is 3. The van der Waals surface area contributed by atoms with Gasteiger partial charge in [-0.25, -0.2) is 0 Å². The number of rotatable bonds is 9. The lowest BCUT2D eigenvalue weighted by molar-refractivity contribution is -0.116. The van der Waals surface area contributed by atoms with Crippen molar-refractivity contribution in [2.24, 2.45) is 0 Å². The van der Waals surface area contributed by atoms with Gasteiger partial charge in [-0.3, -0.25) is 4.79 Å². The Hall–Kier alpha value is -2.75. The number of hydrogen-bond donors (Lipinski definition) is 2. The molecule has 4 heteroatoms.